The van der Waals surface area contributed by atoms with Crippen molar-refractivity contribution in [3.05, 3.63) is 72.1 Å². The number of aryl methyl sites for hydroxylation is 1. The van der Waals surface area contributed by atoms with E-state index in [2.05, 4.69) is 26.5 Å². The smallest absolute Gasteiger partial charge is 0.269 e. The molecule has 2 aromatic heterocycles. The number of fused-ring (bicyclic) bond motifs is 1. The normalized spacial score (nSPS) is 10.4. The summed E-state index contributed by atoms with van der Waals surface area (Å²) in [4.78, 5) is 20.5. The van der Waals surface area contributed by atoms with Crippen molar-refractivity contribution in [2.45, 2.75) is 0 Å². The molecule has 2 N–H and O–H groups in total. The van der Waals surface area contributed by atoms with Gasteiger partial charge in [0, 0.05) is 43.7 Å². The minimum absolute atomic E-state index is 0.273. The summed E-state index contributed by atoms with van der Waals surface area (Å²) in [6.07, 6.45) is 7.01. The van der Waals surface area contributed by atoms with Crippen LogP contribution < -0.4 is 15.4 Å². The molecule has 0 bridgehead atoms. The highest BCUT2D eigenvalue weighted by molar-refractivity contribution is 5.92. The average molecular weight is 397 g/mol. The van der Waals surface area contributed by atoms with Gasteiger partial charge < -0.3 is 19.9 Å². The number of hydrogen-bond donors (Lipinski definition) is 2. The zero-order valence-electron chi connectivity index (χ0n) is 16.5. The number of anilines is 2. The molecule has 0 aliphatic rings. The lowest BCUT2D eigenvalue weighted by Crippen LogP contribution is -2.18. The molecule has 7 heteroatoms. The molecule has 1 amide bonds. The first-order valence-electron chi connectivity index (χ1n) is 9.23. The van der Waals surface area contributed by atoms with Crippen molar-refractivity contribution in [3.63, 3.8) is 0 Å². The highest BCUT2D eigenvalue weighted by atomic mass is 16.5. The molecule has 4 rings (SSSR count). The number of nitrogens with zero attached hydrogens (tertiary/aromatic N) is 3. The van der Waals surface area contributed by atoms with Crippen LogP contribution in [0.2, 0.25) is 0 Å². The van der Waals surface area contributed by atoms with Crippen LogP contribution in [-0.2, 0) is 7.05 Å². The molecule has 0 aliphatic heterocycles. The highest BCUT2D eigenvalue weighted by Crippen LogP contribution is 2.28. The molecule has 2 heterocycles. The predicted octanol–water partition coefficient (Wildman–Crippen LogP) is 3.85. The quantitative estimate of drug-likeness (QED) is 0.500. The van der Waals surface area contributed by atoms with Crippen molar-refractivity contribution < 1.29 is 9.53 Å². The van der Waals surface area contributed by atoms with Crippen molar-refractivity contribution in [1.29, 1.82) is 0 Å². The molecule has 7 nitrogen and oxygen atoms in total. The Kier molecular flexibility index (Phi) is 5.06. The second kappa shape index (κ2) is 7.97. The van der Waals surface area contributed by atoms with E-state index in [1.807, 2.05) is 54.1 Å². The van der Waals surface area contributed by atoms with Gasteiger partial charge in [0.1, 0.15) is 17.2 Å². The van der Waals surface area contributed by atoms with Gasteiger partial charge in [-0.3, -0.25) is 9.78 Å². The van der Waals surface area contributed by atoms with E-state index < -0.39 is 0 Å². The van der Waals surface area contributed by atoms with Gasteiger partial charge in [-0.2, -0.15) is 0 Å². The van der Waals surface area contributed by atoms with Crippen molar-refractivity contribution >= 4 is 28.6 Å². The molecule has 0 radical (unpaired) electrons. The maximum Gasteiger partial charge on any atom is 0.269 e. The third kappa shape index (κ3) is 3.80. The maximum absolute atomic E-state index is 11.8. The largest absolute Gasteiger partial charge is 0.457 e. The molecule has 0 spiro atoms. The van der Waals surface area contributed by atoms with Crippen LogP contribution in [0.1, 0.15) is 16.1 Å². The number of rotatable bonds is 5. The van der Waals surface area contributed by atoms with E-state index in [1.54, 1.807) is 19.2 Å². The van der Waals surface area contributed by atoms with Crippen molar-refractivity contribution in [2.24, 2.45) is 7.05 Å². The summed E-state index contributed by atoms with van der Waals surface area (Å²) in [6.45, 7) is 0. The van der Waals surface area contributed by atoms with Gasteiger partial charge in [0.25, 0.3) is 5.91 Å². The lowest BCUT2D eigenvalue weighted by Gasteiger charge is -2.07. The van der Waals surface area contributed by atoms with Crippen LogP contribution in [0.3, 0.4) is 0 Å². The number of hydrogen-bond acceptors (Lipinski definition) is 5. The average Bonchev–Trinajstić information content (AvgIpc) is 3.08. The number of carbonyl (C=O) groups is 1. The molecule has 2 aromatic carbocycles. The van der Waals surface area contributed by atoms with Crippen LogP contribution in [0.25, 0.3) is 11.0 Å². The molecule has 148 valence electrons. The molecule has 30 heavy (non-hydrogen) atoms. The second-order valence-electron chi connectivity index (χ2n) is 6.55. The number of pyridine rings is 1. The Morgan fingerprint density at radius 3 is 2.77 bits per heavy atom. The van der Waals surface area contributed by atoms with Crippen molar-refractivity contribution in [2.75, 3.05) is 12.4 Å². The SMILES string of the molecule is C#Cc1cccc(Nc2nc3cc(Oc4ccnc(C(=O)NC)c4)ccc3n2C)c1. The lowest BCUT2D eigenvalue weighted by molar-refractivity contribution is 0.0958. The van der Waals surface area contributed by atoms with Gasteiger partial charge in [-0.25, -0.2) is 4.98 Å². The van der Waals surface area contributed by atoms with Crippen molar-refractivity contribution in [1.82, 2.24) is 19.9 Å². The zero-order valence-corrected chi connectivity index (χ0v) is 16.5. The standard InChI is InChI=1S/C23H19N5O2/c1-4-15-6-5-7-16(12-15)26-23-27-19-13-17(8-9-21(19)28(23)3)30-18-10-11-25-20(14-18)22(29)24-2/h1,5-14H,2-3H3,(H,24,29)(H,26,27). The van der Waals surface area contributed by atoms with Crippen LogP contribution in [-0.4, -0.2) is 27.5 Å². The fourth-order valence-corrected chi connectivity index (χ4v) is 3.03. The van der Waals surface area contributed by atoms with E-state index >= 15 is 0 Å². The summed E-state index contributed by atoms with van der Waals surface area (Å²) in [6, 6.07) is 16.5. The first kappa shape index (κ1) is 19.0. The van der Waals surface area contributed by atoms with Gasteiger partial charge in [0.2, 0.25) is 5.95 Å². The summed E-state index contributed by atoms with van der Waals surface area (Å²) >= 11 is 0. The summed E-state index contributed by atoms with van der Waals surface area (Å²) in [5, 5.41) is 5.84. The predicted molar refractivity (Wildman–Crippen MR) is 116 cm³/mol. The molecule has 0 fully saturated rings. The summed E-state index contributed by atoms with van der Waals surface area (Å²) in [5.41, 5.74) is 3.65. The van der Waals surface area contributed by atoms with Gasteiger partial charge in [-0.15, -0.1) is 6.42 Å². The number of imidazole rings is 1. The van der Waals surface area contributed by atoms with Crippen LogP contribution >= 0.6 is 0 Å². The number of terminal acetylenes is 1. The second-order valence-corrected chi connectivity index (χ2v) is 6.55. The Hall–Kier alpha value is -4.31. The monoisotopic (exact) mass is 397 g/mol. The van der Waals surface area contributed by atoms with Crippen molar-refractivity contribution in [3.8, 4) is 23.8 Å². The highest BCUT2D eigenvalue weighted by Gasteiger charge is 2.11. The molecule has 0 saturated carbocycles. The van der Waals surface area contributed by atoms with Crippen LogP contribution in [0.4, 0.5) is 11.6 Å². The minimum atomic E-state index is -0.273. The Balaban J connectivity index is 1.60. The fourth-order valence-electron chi connectivity index (χ4n) is 3.03. The number of carbonyl (C=O) groups excluding carboxylic acids is 1. The Morgan fingerprint density at radius 1 is 1.13 bits per heavy atom. The number of ether oxygens (including phenoxy) is 1. The zero-order chi connectivity index (χ0) is 21.1. The lowest BCUT2D eigenvalue weighted by atomic mass is 10.2. The topological polar surface area (TPSA) is 81.1 Å². The summed E-state index contributed by atoms with van der Waals surface area (Å²) in [7, 11) is 3.49. The van der Waals surface area contributed by atoms with E-state index in [1.165, 1.54) is 6.20 Å². The number of amides is 1. The molecular formula is C23H19N5O2. The fraction of sp³-hybridized carbons (Fsp3) is 0.0870. The van der Waals surface area contributed by atoms with Gasteiger partial charge >= 0.3 is 0 Å². The molecule has 0 atom stereocenters. The Labute approximate surface area is 173 Å². The van der Waals surface area contributed by atoms with E-state index in [0.29, 0.717) is 17.4 Å². The number of aromatic nitrogens is 3. The number of nitrogens with one attached hydrogen (secondary N) is 2. The molecule has 0 aliphatic carbocycles. The van der Waals surface area contributed by atoms with E-state index in [4.69, 9.17) is 11.2 Å². The van der Waals surface area contributed by atoms with Gasteiger partial charge in [0.05, 0.1) is 11.0 Å². The third-order valence-corrected chi connectivity index (χ3v) is 4.56. The number of benzene rings is 2. The van der Waals surface area contributed by atoms with Gasteiger partial charge in [-0.1, -0.05) is 12.0 Å². The van der Waals surface area contributed by atoms with Gasteiger partial charge in [0.15, 0.2) is 0 Å². The minimum Gasteiger partial charge on any atom is -0.457 e. The molecule has 0 saturated heterocycles. The summed E-state index contributed by atoms with van der Waals surface area (Å²) < 4.78 is 7.86. The third-order valence-electron chi connectivity index (χ3n) is 4.56. The Bertz CT molecular complexity index is 1290. The first-order chi connectivity index (χ1) is 14.6. The van der Waals surface area contributed by atoms with Crippen LogP contribution in [0.5, 0.6) is 11.5 Å². The first-order valence-corrected chi connectivity index (χ1v) is 9.23. The maximum atomic E-state index is 11.8. The van der Waals surface area contributed by atoms with E-state index in [9.17, 15) is 4.79 Å². The molecular weight excluding hydrogens is 378 g/mol. The van der Waals surface area contributed by atoms with Crippen LogP contribution in [0.15, 0.2) is 60.8 Å². The molecule has 0 unspecified atom stereocenters. The van der Waals surface area contributed by atoms with E-state index in [-0.39, 0.29) is 11.6 Å². The molecule has 4 aromatic rings. The Morgan fingerprint density at radius 2 is 1.97 bits per heavy atom. The summed E-state index contributed by atoms with van der Waals surface area (Å²) in [5.74, 6) is 4.16. The van der Waals surface area contributed by atoms with E-state index in [0.717, 1.165) is 22.3 Å². The van der Waals surface area contributed by atoms with Crippen LogP contribution in [0, 0.1) is 12.3 Å². The van der Waals surface area contributed by atoms with Gasteiger partial charge in [-0.05, 0) is 36.4 Å².